The lowest BCUT2D eigenvalue weighted by atomic mass is 9.40. The Balaban J connectivity index is 2.37. The minimum atomic E-state index is -2.12. The summed E-state index contributed by atoms with van der Waals surface area (Å²) in [5, 5.41) is 45.9. The molecule has 1 aliphatic heterocycles. The van der Waals surface area contributed by atoms with Crippen LogP contribution in [0.25, 0.3) is 0 Å². The van der Waals surface area contributed by atoms with Gasteiger partial charge < -0.3 is 29.9 Å². The normalized spacial score (nSPS) is 51.3. The lowest BCUT2D eigenvalue weighted by Crippen LogP contribution is -2.84. The molecule has 0 spiro atoms. The minimum Gasteiger partial charge on any atom is -0.509 e. The summed E-state index contributed by atoms with van der Waals surface area (Å²) in [5.41, 5.74) is -6.93. The lowest BCUT2D eigenvalue weighted by molar-refractivity contribution is -0.371. The van der Waals surface area contributed by atoms with Crippen molar-refractivity contribution in [3.05, 3.63) is 24.5 Å². The molecule has 29 heavy (non-hydrogen) atoms. The van der Waals surface area contributed by atoms with Gasteiger partial charge in [-0.05, 0) is 38.2 Å². The maximum Gasteiger partial charge on any atom is 0.303 e. The van der Waals surface area contributed by atoms with Gasteiger partial charge in [0.1, 0.15) is 17.0 Å². The maximum atomic E-state index is 12.2. The number of fused-ring (bicyclic) bond motifs is 3. The van der Waals surface area contributed by atoms with Crippen molar-refractivity contribution in [2.24, 2.45) is 16.7 Å². The highest BCUT2D eigenvalue weighted by atomic mass is 16.6. The van der Waals surface area contributed by atoms with Crippen molar-refractivity contribution in [1.29, 1.82) is 0 Å². The summed E-state index contributed by atoms with van der Waals surface area (Å²) in [4.78, 5) is 11.9. The number of aliphatic hydroxyl groups is 4. The molecular formula is C22H34O7. The third kappa shape index (κ3) is 2.60. The van der Waals surface area contributed by atoms with Gasteiger partial charge in [-0.15, -0.1) is 0 Å². The van der Waals surface area contributed by atoms with Crippen molar-refractivity contribution < 1.29 is 34.7 Å². The van der Waals surface area contributed by atoms with Gasteiger partial charge in [0.25, 0.3) is 0 Å². The molecule has 2 aliphatic carbocycles. The van der Waals surface area contributed by atoms with Crippen LogP contribution in [-0.4, -0.2) is 61.5 Å². The zero-order valence-electron chi connectivity index (χ0n) is 18.1. The van der Waals surface area contributed by atoms with E-state index in [-0.39, 0.29) is 5.76 Å². The van der Waals surface area contributed by atoms with Crippen LogP contribution in [0.3, 0.4) is 0 Å². The zero-order chi connectivity index (χ0) is 22.2. The molecule has 3 aliphatic rings. The second-order valence-electron chi connectivity index (χ2n) is 10.2. The molecule has 0 unspecified atom stereocenters. The Kier molecular flexibility index (Phi) is 4.84. The standard InChI is InChI=1S/C22H34O7/c1-8-19(5)11-14(25)22(27)20(6)13(24)9-10-18(3,4)16(20)15(26)17(28-12(2)23)21(22,7)29-19/h8,11,13,15-17,24-27H,1,9-10H2,2-7H3/t13-,15-,16-,17-,19-,20-,21+,22-/m0/s1. The van der Waals surface area contributed by atoms with Gasteiger partial charge in [0.05, 0.1) is 12.2 Å². The summed E-state index contributed by atoms with van der Waals surface area (Å²) in [5.74, 6) is -1.72. The third-order valence-electron chi connectivity index (χ3n) is 7.86. The van der Waals surface area contributed by atoms with E-state index < -0.39 is 57.8 Å². The molecular weight excluding hydrogens is 376 g/mol. The van der Waals surface area contributed by atoms with E-state index in [4.69, 9.17) is 9.47 Å². The highest BCUT2D eigenvalue weighted by Gasteiger charge is 2.80. The number of hydrogen-bond donors (Lipinski definition) is 4. The Hall–Kier alpha value is -1.41. The molecule has 0 aromatic heterocycles. The predicted octanol–water partition coefficient (Wildman–Crippen LogP) is 2.00. The molecule has 4 N–H and O–H groups in total. The quantitative estimate of drug-likeness (QED) is 0.406. The Morgan fingerprint density at radius 3 is 2.38 bits per heavy atom. The molecule has 8 atom stereocenters. The van der Waals surface area contributed by atoms with Crippen molar-refractivity contribution in [2.45, 2.75) is 89.5 Å². The van der Waals surface area contributed by atoms with Crippen molar-refractivity contribution >= 4 is 5.97 Å². The summed E-state index contributed by atoms with van der Waals surface area (Å²) >= 11 is 0. The largest absolute Gasteiger partial charge is 0.509 e. The fourth-order valence-corrected chi connectivity index (χ4v) is 6.49. The van der Waals surface area contributed by atoms with Gasteiger partial charge in [-0.2, -0.15) is 0 Å². The van der Waals surface area contributed by atoms with E-state index in [1.807, 2.05) is 13.8 Å². The van der Waals surface area contributed by atoms with E-state index in [2.05, 4.69) is 6.58 Å². The molecule has 1 heterocycles. The Labute approximate surface area is 172 Å². The van der Waals surface area contributed by atoms with Gasteiger partial charge in [0, 0.05) is 18.3 Å². The van der Waals surface area contributed by atoms with Crippen LogP contribution in [0.5, 0.6) is 0 Å². The topological polar surface area (TPSA) is 116 Å². The number of ether oxygens (including phenoxy) is 2. The van der Waals surface area contributed by atoms with Gasteiger partial charge in [0.15, 0.2) is 11.7 Å². The number of hydrogen-bond acceptors (Lipinski definition) is 7. The van der Waals surface area contributed by atoms with Gasteiger partial charge in [-0.1, -0.05) is 33.4 Å². The van der Waals surface area contributed by atoms with Crippen molar-refractivity contribution in [3.8, 4) is 0 Å². The molecule has 0 aromatic rings. The number of carbonyl (C=O) groups excluding carboxylic acids is 1. The Morgan fingerprint density at radius 1 is 1.28 bits per heavy atom. The SMILES string of the molecule is C=C[C@@]1(C)C=C(O)[C@]2(O)[C@@]3(C)[C@@H](O)CCC(C)(C)[C@@H]3[C@H](O)[C@H](OC(C)=O)[C@@]2(C)O1. The third-order valence-corrected chi connectivity index (χ3v) is 7.86. The zero-order valence-corrected chi connectivity index (χ0v) is 18.1. The fourth-order valence-electron chi connectivity index (χ4n) is 6.49. The molecule has 164 valence electrons. The van der Waals surface area contributed by atoms with Crippen LogP contribution >= 0.6 is 0 Å². The monoisotopic (exact) mass is 410 g/mol. The second kappa shape index (κ2) is 6.30. The Bertz CT molecular complexity index is 760. The molecule has 0 radical (unpaired) electrons. The van der Waals surface area contributed by atoms with Crippen LogP contribution in [0, 0.1) is 16.7 Å². The first-order valence-corrected chi connectivity index (χ1v) is 10.1. The van der Waals surface area contributed by atoms with Crippen LogP contribution in [-0.2, 0) is 14.3 Å². The van der Waals surface area contributed by atoms with E-state index in [9.17, 15) is 25.2 Å². The molecule has 3 rings (SSSR count). The highest BCUT2D eigenvalue weighted by Crippen LogP contribution is 2.67. The van der Waals surface area contributed by atoms with Crippen LogP contribution in [0.1, 0.15) is 54.4 Å². The molecule has 7 nitrogen and oxygen atoms in total. The molecule has 7 heteroatoms. The Morgan fingerprint density at radius 2 is 1.86 bits per heavy atom. The van der Waals surface area contributed by atoms with Gasteiger partial charge in [-0.25, -0.2) is 0 Å². The predicted molar refractivity (Wildman–Crippen MR) is 106 cm³/mol. The maximum absolute atomic E-state index is 12.2. The van der Waals surface area contributed by atoms with E-state index in [0.717, 1.165) is 0 Å². The van der Waals surface area contributed by atoms with Crippen LogP contribution < -0.4 is 0 Å². The van der Waals surface area contributed by atoms with Gasteiger partial charge in [-0.3, -0.25) is 4.79 Å². The number of aliphatic hydroxyl groups excluding tert-OH is 3. The number of rotatable bonds is 2. The van der Waals surface area contributed by atoms with E-state index in [0.29, 0.717) is 12.8 Å². The smallest absolute Gasteiger partial charge is 0.303 e. The molecule has 0 amide bonds. The van der Waals surface area contributed by atoms with Gasteiger partial charge >= 0.3 is 5.97 Å². The molecule has 2 saturated carbocycles. The summed E-state index contributed by atoms with van der Waals surface area (Å²) in [6.45, 7) is 13.7. The summed E-state index contributed by atoms with van der Waals surface area (Å²) < 4.78 is 11.8. The van der Waals surface area contributed by atoms with Gasteiger partial charge in [0.2, 0.25) is 0 Å². The van der Waals surface area contributed by atoms with E-state index >= 15 is 0 Å². The van der Waals surface area contributed by atoms with Crippen LogP contribution in [0.4, 0.5) is 0 Å². The summed E-state index contributed by atoms with van der Waals surface area (Å²) in [6.07, 6.45) is 0.268. The molecule has 0 bridgehead atoms. The molecule has 0 aromatic carbocycles. The first-order chi connectivity index (χ1) is 13.1. The first-order valence-electron chi connectivity index (χ1n) is 10.1. The summed E-state index contributed by atoms with van der Waals surface area (Å²) in [7, 11) is 0. The number of carbonyl (C=O) groups is 1. The van der Waals surface area contributed by atoms with E-state index in [1.54, 1.807) is 13.8 Å². The minimum absolute atomic E-state index is 0.384. The van der Waals surface area contributed by atoms with Crippen LogP contribution in [0.15, 0.2) is 24.5 Å². The summed E-state index contributed by atoms with van der Waals surface area (Å²) in [6, 6.07) is 0. The molecule has 2 fully saturated rings. The number of esters is 1. The van der Waals surface area contributed by atoms with Crippen molar-refractivity contribution in [2.75, 3.05) is 0 Å². The average molecular weight is 411 g/mol. The van der Waals surface area contributed by atoms with Crippen LogP contribution in [0.2, 0.25) is 0 Å². The first kappa shape index (κ1) is 22.3. The fraction of sp³-hybridized carbons (Fsp3) is 0.773. The highest BCUT2D eigenvalue weighted by molar-refractivity contribution is 5.66. The second-order valence-corrected chi connectivity index (χ2v) is 10.2. The lowest BCUT2D eigenvalue weighted by Gasteiger charge is -2.70. The van der Waals surface area contributed by atoms with Crippen molar-refractivity contribution in [3.63, 3.8) is 0 Å². The molecule has 0 saturated heterocycles. The average Bonchev–Trinajstić information content (AvgIpc) is 2.59. The van der Waals surface area contributed by atoms with Crippen molar-refractivity contribution in [1.82, 2.24) is 0 Å². The van der Waals surface area contributed by atoms with E-state index in [1.165, 1.54) is 26.0 Å².